The van der Waals surface area contributed by atoms with Crippen molar-refractivity contribution in [3.05, 3.63) is 48.3 Å². The van der Waals surface area contributed by atoms with Crippen molar-refractivity contribution >= 4 is 6.03 Å². The molecular weight excluding hydrogens is 294 g/mol. The van der Waals surface area contributed by atoms with Crippen LogP contribution in [-0.4, -0.2) is 46.1 Å². The summed E-state index contributed by atoms with van der Waals surface area (Å²) in [4.78, 5) is 25.8. The van der Waals surface area contributed by atoms with E-state index in [1.807, 2.05) is 19.1 Å². The van der Waals surface area contributed by atoms with Crippen LogP contribution in [0.2, 0.25) is 0 Å². The monoisotopic (exact) mass is 315 g/mol. The molecule has 0 aliphatic carbocycles. The first-order valence-corrected chi connectivity index (χ1v) is 7.65. The third-order valence-corrected chi connectivity index (χ3v) is 4.41. The van der Waals surface area contributed by atoms with Gasteiger partial charge in [-0.25, -0.2) is 9.78 Å². The fraction of sp³-hybridized carbons (Fsp3) is 0.438. The molecule has 3 heterocycles. The molecule has 3 rings (SSSR count). The highest BCUT2D eigenvalue weighted by Gasteiger charge is 2.41. The van der Waals surface area contributed by atoms with Gasteiger partial charge in [-0.1, -0.05) is 0 Å². The molecule has 0 radical (unpaired) electrons. The lowest BCUT2D eigenvalue weighted by Crippen LogP contribution is -2.52. The van der Waals surface area contributed by atoms with E-state index in [0.29, 0.717) is 19.6 Å². The van der Waals surface area contributed by atoms with Gasteiger partial charge in [-0.2, -0.15) is 0 Å². The topological polar surface area (TPSA) is 83.1 Å². The summed E-state index contributed by atoms with van der Waals surface area (Å²) in [6, 6.07) is 3.61. The third kappa shape index (κ3) is 3.05. The van der Waals surface area contributed by atoms with Crippen LogP contribution >= 0.6 is 0 Å². The van der Waals surface area contributed by atoms with Gasteiger partial charge in [-0.3, -0.25) is 4.98 Å². The second-order valence-corrected chi connectivity index (χ2v) is 5.82. The Labute approximate surface area is 135 Å². The number of nitrogens with zero attached hydrogens (tertiary/aromatic N) is 3. The highest BCUT2D eigenvalue weighted by molar-refractivity contribution is 5.75. The molecule has 2 aromatic rings. The summed E-state index contributed by atoms with van der Waals surface area (Å²) in [6.07, 6.45) is 7.60. The van der Waals surface area contributed by atoms with Crippen molar-refractivity contribution in [3.63, 3.8) is 0 Å². The van der Waals surface area contributed by atoms with Crippen LogP contribution in [0.3, 0.4) is 0 Å². The predicted molar refractivity (Wildman–Crippen MR) is 84.6 cm³/mol. The molecule has 7 nitrogen and oxygen atoms in total. The number of carbonyl (C=O) groups excluding carboxylic acids is 1. The lowest BCUT2D eigenvalue weighted by molar-refractivity contribution is 0.149. The van der Waals surface area contributed by atoms with Crippen molar-refractivity contribution in [3.8, 4) is 0 Å². The highest BCUT2D eigenvalue weighted by Crippen LogP contribution is 2.29. The summed E-state index contributed by atoms with van der Waals surface area (Å²) in [7, 11) is 1.78. The molecule has 2 amide bonds. The molecule has 1 aliphatic heterocycles. The molecule has 7 heteroatoms. The third-order valence-electron chi connectivity index (χ3n) is 4.41. The van der Waals surface area contributed by atoms with Crippen molar-refractivity contribution in [1.82, 2.24) is 25.2 Å². The number of urea groups is 1. The number of rotatable bonds is 4. The molecule has 2 aromatic heterocycles. The Morgan fingerprint density at radius 2 is 2.22 bits per heavy atom. The van der Waals surface area contributed by atoms with Gasteiger partial charge in [0, 0.05) is 44.9 Å². The van der Waals surface area contributed by atoms with Crippen LogP contribution in [0.1, 0.15) is 30.8 Å². The summed E-state index contributed by atoms with van der Waals surface area (Å²) < 4.78 is 5.51. The normalized spacial score (nSPS) is 21.8. The van der Waals surface area contributed by atoms with Gasteiger partial charge in [-0.15, -0.1) is 0 Å². The number of hydrogen-bond donors (Lipinski definition) is 2. The number of nitrogens with one attached hydrogen (secondary N) is 2. The SMILES string of the molecule is C[C@@H](c1ccncc1)N(C)C(=O)N[C@@]1(c2ncc[nH]2)CCOC1. The lowest BCUT2D eigenvalue weighted by atomic mass is 9.98. The van der Waals surface area contributed by atoms with Crippen molar-refractivity contribution in [1.29, 1.82) is 0 Å². The molecule has 1 saturated heterocycles. The Morgan fingerprint density at radius 1 is 1.43 bits per heavy atom. The Morgan fingerprint density at radius 3 is 2.83 bits per heavy atom. The Kier molecular flexibility index (Phi) is 4.29. The van der Waals surface area contributed by atoms with Gasteiger partial charge in [0.25, 0.3) is 0 Å². The number of carbonyl (C=O) groups is 1. The summed E-state index contributed by atoms with van der Waals surface area (Å²) in [5, 5.41) is 3.10. The van der Waals surface area contributed by atoms with Crippen molar-refractivity contribution < 1.29 is 9.53 Å². The van der Waals surface area contributed by atoms with E-state index in [1.54, 1.807) is 36.7 Å². The second kappa shape index (κ2) is 6.37. The average molecular weight is 315 g/mol. The summed E-state index contributed by atoms with van der Waals surface area (Å²) in [6.45, 7) is 3.01. The molecule has 2 atom stereocenters. The van der Waals surface area contributed by atoms with Crippen LogP contribution in [0.25, 0.3) is 0 Å². The van der Waals surface area contributed by atoms with E-state index in [2.05, 4.69) is 20.3 Å². The number of aromatic amines is 1. The Balaban J connectivity index is 1.75. The van der Waals surface area contributed by atoms with Crippen molar-refractivity contribution in [2.75, 3.05) is 20.3 Å². The molecule has 0 saturated carbocycles. The Bertz CT molecular complexity index is 638. The minimum Gasteiger partial charge on any atom is -0.378 e. The zero-order valence-electron chi connectivity index (χ0n) is 13.3. The standard InChI is InChI=1S/C16H21N5O2/c1-12(13-3-6-17-7-4-13)21(2)15(22)20-16(5-10-23-11-16)14-18-8-9-19-14/h3-4,6-9,12H,5,10-11H2,1-2H3,(H,18,19)(H,20,22)/t12-,16-/m0/s1. The molecule has 0 spiro atoms. The minimum atomic E-state index is -0.590. The smallest absolute Gasteiger partial charge is 0.318 e. The van der Waals surface area contributed by atoms with Gasteiger partial charge in [0.15, 0.2) is 0 Å². The average Bonchev–Trinajstić information content (AvgIpc) is 3.26. The first-order chi connectivity index (χ1) is 11.1. The molecule has 1 aliphatic rings. The number of ether oxygens (including phenoxy) is 1. The van der Waals surface area contributed by atoms with Crippen molar-refractivity contribution in [2.45, 2.75) is 24.9 Å². The largest absolute Gasteiger partial charge is 0.378 e. The number of amides is 2. The lowest BCUT2D eigenvalue weighted by Gasteiger charge is -2.32. The number of imidazole rings is 1. The van der Waals surface area contributed by atoms with E-state index in [9.17, 15) is 4.79 Å². The first-order valence-electron chi connectivity index (χ1n) is 7.65. The van der Waals surface area contributed by atoms with Crippen LogP contribution < -0.4 is 5.32 Å². The first kappa shape index (κ1) is 15.5. The maximum atomic E-state index is 12.7. The van der Waals surface area contributed by atoms with Crippen molar-refractivity contribution in [2.24, 2.45) is 0 Å². The Hall–Kier alpha value is -2.41. The maximum absolute atomic E-state index is 12.7. The molecule has 23 heavy (non-hydrogen) atoms. The molecule has 1 fully saturated rings. The van der Waals surface area contributed by atoms with Gasteiger partial charge >= 0.3 is 6.03 Å². The number of hydrogen-bond acceptors (Lipinski definition) is 4. The quantitative estimate of drug-likeness (QED) is 0.901. The van der Waals surface area contributed by atoms with Crippen LogP contribution in [0.5, 0.6) is 0 Å². The second-order valence-electron chi connectivity index (χ2n) is 5.82. The van der Waals surface area contributed by atoms with Gasteiger partial charge in [-0.05, 0) is 24.6 Å². The minimum absolute atomic E-state index is 0.0611. The summed E-state index contributed by atoms with van der Waals surface area (Å²) in [5.41, 5.74) is 0.444. The van der Waals surface area contributed by atoms with E-state index >= 15 is 0 Å². The van der Waals surface area contributed by atoms with Gasteiger partial charge < -0.3 is 19.9 Å². The van der Waals surface area contributed by atoms with Gasteiger partial charge in [0.1, 0.15) is 11.4 Å². The van der Waals surface area contributed by atoms with Crippen LogP contribution in [-0.2, 0) is 10.3 Å². The zero-order chi connectivity index (χ0) is 16.3. The summed E-state index contributed by atoms with van der Waals surface area (Å²) >= 11 is 0. The fourth-order valence-corrected chi connectivity index (χ4v) is 2.77. The molecule has 122 valence electrons. The van der Waals surface area contributed by atoms with E-state index in [0.717, 1.165) is 11.4 Å². The number of pyridine rings is 1. The molecule has 2 N–H and O–H groups in total. The van der Waals surface area contributed by atoms with Gasteiger partial charge in [0.2, 0.25) is 0 Å². The molecule has 0 bridgehead atoms. The van der Waals surface area contributed by atoms with Crippen LogP contribution in [0, 0.1) is 0 Å². The maximum Gasteiger partial charge on any atom is 0.318 e. The van der Waals surface area contributed by atoms with E-state index in [1.165, 1.54) is 0 Å². The molecular formula is C16H21N5O2. The zero-order valence-corrected chi connectivity index (χ0v) is 13.3. The van der Waals surface area contributed by atoms with E-state index in [4.69, 9.17) is 4.74 Å². The highest BCUT2D eigenvalue weighted by atomic mass is 16.5. The van der Waals surface area contributed by atoms with Gasteiger partial charge in [0.05, 0.1) is 12.6 Å². The molecule has 0 unspecified atom stereocenters. The number of H-pyrrole nitrogens is 1. The van der Waals surface area contributed by atoms with E-state index < -0.39 is 5.54 Å². The summed E-state index contributed by atoms with van der Waals surface area (Å²) in [5.74, 6) is 0.730. The van der Waals surface area contributed by atoms with E-state index in [-0.39, 0.29) is 12.1 Å². The fourth-order valence-electron chi connectivity index (χ4n) is 2.77. The molecule has 0 aromatic carbocycles. The van der Waals surface area contributed by atoms with Crippen LogP contribution in [0.4, 0.5) is 4.79 Å². The van der Waals surface area contributed by atoms with Crippen LogP contribution in [0.15, 0.2) is 36.9 Å². The predicted octanol–water partition coefficient (Wildman–Crippen LogP) is 1.82. The number of aromatic nitrogens is 3.